The van der Waals surface area contributed by atoms with Crippen LogP contribution in [0.2, 0.25) is 0 Å². The number of rotatable bonds is 7. The number of nitrogens with one attached hydrogen (secondary N) is 3. The monoisotopic (exact) mass is 347 g/mol. The number of carbonyl (C=O) groups excluding carboxylic acids is 1. The van der Waals surface area contributed by atoms with Crippen molar-refractivity contribution >= 4 is 28.9 Å². The highest BCUT2D eigenvalue weighted by Crippen LogP contribution is 2.18. The normalized spacial score (nSPS) is 10.2. The number of amides is 1. The number of carbonyl (C=O) groups is 1. The van der Waals surface area contributed by atoms with E-state index >= 15 is 0 Å². The second-order valence-electron chi connectivity index (χ2n) is 5.83. The lowest BCUT2D eigenvalue weighted by Gasteiger charge is -2.09. The van der Waals surface area contributed by atoms with E-state index in [2.05, 4.69) is 38.1 Å². The molecule has 6 heteroatoms. The first-order valence-electron chi connectivity index (χ1n) is 8.43. The van der Waals surface area contributed by atoms with Gasteiger partial charge in [0.2, 0.25) is 5.91 Å². The molecule has 0 atom stereocenters. The van der Waals surface area contributed by atoms with Crippen LogP contribution in [0.4, 0.5) is 23.0 Å². The molecule has 3 rings (SSSR count). The van der Waals surface area contributed by atoms with Gasteiger partial charge in [0, 0.05) is 30.9 Å². The first kappa shape index (κ1) is 17.4. The van der Waals surface area contributed by atoms with Gasteiger partial charge in [-0.2, -0.15) is 0 Å². The third-order valence-electron chi connectivity index (χ3n) is 3.71. The Hall–Kier alpha value is -3.41. The van der Waals surface area contributed by atoms with Crippen LogP contribution in [0.25, 0.3) is 0 Å². The quantitative estimate of drug-likeness (QED) is 0.605. The van der Waals surface area contributed by atoms with Crippen molar-refractivity contribution in [2.24, 2.45) is 0 Å². The molecular weight excluding hydrogens is 326 g/mol. The first-order chi connectivity index (χ1) is 12.7. The summed E-state index contributed by atoms with van der Waals surface area (Å²) in [6.45, 7) is 2.28. The smallest absolute Gasteiger partial charge is 0.221 e. The van der Waals surface area contributed by atoms with Crippen LogP contribution in [0.5, 0.6) is 0 Å². The van der Waals surface area contributed by atoms with Gasteiger partial charge >= 0.3 is 0 Å². The van der Waals surface area contributed by atoms with E-state index in [1.807, 2.05) is 48.5 Å². The Morgan fingerprint density at radius 2 is 1.62 bits per heavy atom. The molecule has 3 N–H and O–H groups in total. The zero-order valence-electron chi connectivity index (χ0n) is 14.6. The maximum atomic E-state index is 11.1. The molecule has 0 bridgehead atoms. The van der Waals surface area contributed by atoms with Gasteiger partial charge in [-0.3, -0.25) is 4.79 Å². The van der Waals surface area contributed by atoms with Crippen molar-refractivity contribution in [1.29, 1.82) is 0 Å². The Balaban J connectivity index is 1.56. The molecule has 0 fully saturated rings. The van der Waals surface area contributed by atoms with Crippen molar-refractivity contribution in [3.63, 3.8) is 0 Å². The molecule has 0 spiro atoms. The second kappa shape index (κ2) is 8.62. The number of benzene rings is 2. The van der Waals surface area contributed by atoms with Gasteiger partial charge in [0.15, 0.2) is 0 Å². The molecule has 0 radical (unpaired) electrons. The van der Waals surface area contributed by atoms with Crippen LogP contribution in [-0.4, -0.2) is 22.4 Å². The van der Waals surface area contributed by atoms with Gasteiger partial charge in [-0.15, -0.1) is 0 Å². The maximum Gasteiger partial charge on any atom is 0.221 e. The summed E-state index contributed by atoms with van der Waals surface area (Å²) in [5, 5.41) is 9.28. The van der Waals surface area contributed by atoms with Crippen LogP contribution in [-0.2, 0) is 11.2 Å². The molecular formula is C20H21N5O. The summed E-state index contributed by atoms with van der Waals surface area (Å²) in [5.41, 5.74) is 2.92. The number of nitrogens with zero attached hydrogens (tertiary/aromatic N) is 2. The Labute approximate surface area is 152 Å². The van der Waals surface area contributed by atoms with Gasteiger partial charge in [-0.1, -0.05) is 30.3 Å². The highest BCUT2D eigenvalue weighted by molar-refractivity contribution is 5.88. The summed E-state index contributed by atoms with van der Waals surface area (Å²) in [7, 11) is 0. The van der Waals surface area contributed by atoms with Crippen molar-refractivity contribution in [2.75, 3.05) is 22.5 Å². The summed E-state index contributed by atoms with van der Waals surface area (Å²) < 4.78 is 0. The summed E-state index contributed by atoms with van der Waals surface area (Å²) in [6, 6.07) is 19.6. The van der Waals surface area contributed by atoms with E-state index in [1.165, 1.54) is 18.8 Å². The van der Waals surface area contributed by atoms with Crippen molar-refractivity contribution in [2.45, 2.75) is 13.3 Å². The van der Waals surface area contributed by atoms with Crippen LogP contribution >= 0.6 is 0 Å². The second-order valence-corrected chi connectivity index (χ2v) is 5.83. The Morgan fingerprint density at radius 3 is 2.35 bits per heavy atom. The molecule has 132 valence electrons. The first-order valence-corrected chi connectivity index (χ1v) is 8.43. The van der Waals surface area contributed by atoms with E-state index in [0.29, 0.717) is 5.82 Å². The molecule has 2 aromatic carbocycles. The zero-order chi connectivity index (χ0) is 18.2. The minimum Gasteiger partial charge on any atom is -0.370 e. The van der Waals surface area contributed by atoms with Gasteiger partial charge < -0.3 is 16.0 Å². The van der Waals surface area contributed by atoms with Crippen molar-refractivity contribution in [1.82, 2.24) is 9.97 Å². The topological polar surface area (TPSA) is 78.9 Å². The lowest BCUT2D eigenvalue weighted by molar-refractivity contribution is -0.114. The van der Waals surface area contributed by atoms with Gasteiger partial charge in [-0.05, 0) is 36.2 Å². The summed E-state index contributed by atoms with van der Waals surface area (Å²) >= 11 is 0. The molecule has 6 nitrogen and oxygen atoms in total. The third kappa shape index (κ3) is 5.31. The zero-order valence-corrected chi connectivity index (χ0v) is 14.6. The Morgan fingerprint density at radius 1 is 0.923 bits per heavy atom. The Kier molecular flexibility index (Phi) is 5.77. The molecule has 0 aliphatic heterocycles. The van der Waals surface area contributed by atoms with Gasteiger partial charge in [-0.25, -0.2) is 9.97 Å². The standard InChI is InChI=1S/C20H21N5O/c1-15(26)24-17-7-9-18(10-8-17)25-20-13-19(22-14-23-20)21-12-11-16-5-3-2-4-6-16/h2-10,13-14H,11-12H2,1H3,(H,24,26)(H2,21,22,23,25). The molecule has 1 amide bonds. The Bertz CT molecular complexity index is 850. The highest BCUT2D eigenvalue weighted by atomic mass is 16.1. The van der Waals surface area contributed by atoms with Gasteiger partial charge in [0.05, 0.1) is 0 Å². The molecule has 26 heavy (non-hydrogen) atoms. The van der Waals surface area contributed by atoms with E-state index in [4.69, 9.17) is 0 Å². The maximum absolute atomic E-state index is 11.1. The van der Waals surface area contributed by atoms with Gasteiger partial charge in [0.1, 0.15) is 18.0 Å². The summed E-state index contributed by atoms with van der Waals surface area (Å²) in [4.78, 5) is 19.5. The molecule has 0 unspecified atom stereocenters. The summed E-state index contributed by atoms with van der Waals surface area (Å²) in [6.07, 6.45) is 2.46. The largest absolute Gasteiger partial charge is 0.370 e. The lowest BCUT2D eigenvalue weighted by Crippen LogP contribution is -2.07. The number of aromatic nitrogens is 2. The van der Waals surface area contributed by atoms with Crippen LogP contribution in [0, 0.1) is 0 Å². The molecule has 3 aromatic rings. The van der Waals surface area contributed by atoms with Crippen molar-refractivity contribution in [3.8, 4) is 0 Å². The van der Waals surface area contributed by atoms with E-state index in [-0.39, 0.29) is 5.91 Å². The van der Waals surface area contributed by atoms with Gasteiger partial charge in [0.25, 0.3) is 0 Å². The minimum absolute atomic E-state index is 0.0901. The number of anilines is 4. The molecule has 0 saturated heterocycles. The van der Waals surface area contributed by atoms with Crippen LogP contribution in [0.15, 0.2) is 67.0 Å². The molecule has 0 aliphatic carbocycles. The summed E-state index contributed by atoms with van der Waals surface area (Å²) in [5.74, 6) is 1.38. The van der Waals surface area contributed by atoms with Crippen molar-refractivity contribution < 1.29 is 4.79 Å². The minimum atomic E-state index is -0.0901. The predicted octanol–water partition coefficient (Wildman–Crippen LogP) is 3.83. The SMILES string of the molecule is CC(=O)Nc1ccc(Nc2cc(NCCc3ccccc3)ncn2)cc1. The van der Waals surface area contributed by atoms with E-state index in [9.17, 15) is 4.79 Å². The van der Waals surface area contributed by atoms with Crippen molar-refractivity contribution in [3.05, 3.63) is 72.6 Å². The number of hydrogen-bond donors (Lipinski definition) is 3. The van der Waals surface area contributed by atoms with E-state index in [0.717, 1.165) is 30.2 Å². The number of hydrogen-bond acceptors (Lipinski definition) is 5. The lowest BCUT2D eigenvalue weighted by atomic mass is 10.1. The fourth-order valence-electron chi connectivity index (χ4n) is 2.49. The molecule has 0 aliphatic rings. The van der Waals surface area contributed by atoms with Crippen LogP contribution in [0.3, 0.4) is 0 Å². The highest BCUT2D eigenvalue weighted by Gasteiger charge is 2.01. The van der Waals surface area contributed by atoms with Crippen LogP contribution in [0.1, 0.15) is 12.5 Å². The average molecular weight is 347 g/mol. The molecule has 0 saturated carbocycles. The molecule has 1 aromatic heterocycles. The average Bonchev–Trinajstić information content (AvgIpc) is 2.64. The van der Waals surface area contributed by atoms with E-state index < -0.39 is 0 Å². The van der Waals surface area contributed by atoms with Crippen LogP contribution < -0.4 is 16.0 Å². The fraction of sp³-hybridized carbons (Fsp3) is 0.150. The predicted molar refractivity (Wildman–Crippen MR) is 105 cm³/mol. The van der Waals surface area contributed by atoms with E-state index in [1.54, 1.807) is 0 Å². The third-order valence-corrected chi connectivity index (χ3v) is 3.71. The fourth-order valence-corrected chi connectivity index (χ4v) is 2.49. The molecule has 1 heterocycles.